The van der Waals surface area contributed by atoms with Crippen molar-refractivity contribution in [3.8, 4) is 0 Å². The van der Waals surface area contributed by atoms with E-state index >= 15 is 0 Å². The number of hydrogen-bond donors (Lipinski definition) is 0. The zero-order chi connectivity index (χ0) is 14.7. The lowest BCUT2D eigenvalue weighted by Crippen LogP contribution is -1.90. The summed E-state index contributed by atoms with van der Waals surface area (Å²) >= 11 is 0. The van der Waals surface area contributed by atoms with E-state index in [1.807, 2.05) is 27.7 Å². The third-order valence-electron chi connectivity index (χ3n) is 2.06. The molecular weight excluding hydrogens is 204 g/mol. The predicted molar refractivity (Wildman–Crippen MR) is 86.8 cm³/mol. The van der Waals surface area contributed by atoms with E-state index in [1.54, 1.807) is 0 Å². The van der Waals surface area contributed by atoms with Gasteiger partial charge in [-0.15, -0.1) is 0 Å². The molecule has 0 heterocycles. The van der Waals surface area contributed by atoms with Crippen LogP contribution in [0.25, 0.3) is 0 Å². The van der Waals surface area contributed by atoms with Crippen molar-refractivity contribution in [2.24, 2.45) is 11.8 Å². The quantitative estimate of drug-likeness (QED) is 0.476. The topological polar surface area (TPSA) is 0 Å². The zero-order valence-corrected chi connectivity index (χ0v) is 14.7. The second-order valence-electron chi connectivity index (χ2n) is 4.72. The molecule has 0 aliphatic heterocycles. The third kappa shape index (κ3) is 64.0. The van der Waals surface area contributed by atoms with Gasteiger partial charge in [0, 0.05) is 0 Å². The average molecular weight is 247 g/mol. The summed E-state index contributed by atoms with van der Waals surface area (Å²) in [5.41, 5.74) is 0. The lowest BCUT2D eigenvalue weighted by Gasteiger charge is -2.05. The molecule has 0 unspecified atom stereocenters. The molecule has 0 amide bonds. The van der Waals surface area contributed by atoms with Crippen LogP contribution in [0, 0.1) is 11.8 Å². The molecule has 0 fully saturated rings. The Kier molecular flexibility index (Phi) is 45.1. The normalized spacial score (nSPS) is 8.47. The molecule has 0 aromatic heterocycles. The molecule has 0 rings (SSSR count). The van der Waals surface area contributed by atoms with Gasteiger partial charge in [-0.05, 0) is 11.8 Å². The molecule has 0 spiro atoms. The molecule has 0 aliphatic rings. The highest BCUT2D eigenvalue weighted by Crippen LogP contribution is 2.10. The van der Waals surface area contributed by atoms with Gasteiger partial charge in [-0.2, -0.15) is 0 Å². The van der Waals surface area contributed by atoms with E-state index in [4.69, 9.17) is 0 Å². The van der Waals surface area contributed by atoms with Crippen molar-refractivity contribution in [1.82, 2.24) is 0 Å². The van der Waals surface area contributed by atoms with E-state index < -0.39 is 0 Å². The fourth-order valence-corrected chi connectivity index (χ4v) is 0.934. The highest BCUT2D eigenvalue weighted by atomic mass is 14.0. The van der Waals surface area contributed by atoms with Crippen LogP contribution in [0.4, 0.5) is 0 Å². The zero-order valence-electron chi connectivity index (χ0n) is 14.7. The Morgan fingerprint density at radius 2 is 0.824 bits per heavy atom. The van der Waals surface area contributed by atoms with Gasteiger partial charge in [0.25, 0.3) is 0 Å². The summed E-state index contributed by atoms with van der Waals surface area (Å²) in [4.78, 5) is 0. The van der Waals surface area contributed by atoms with Gasteiger partial charge in [0.2, 0.25) is 0 Å². The maximum absolute atomic E-state index is 2.29. The molecule has 0 aromatic carbocycles. The Morgan fingerprint density at radius 1 is 0.588 bits per heavy atom. The van der Waals surface area contributed by atoms with Crippen molar-refractivity contribution in [3.05, 3.63) is 0 Å². The molecule has 0 saturated heterocycles. The molecule has 110 valence electrons. The van der Waals surface area contributed by atoms with Crippen LogP contribution in [0.5, 0.6) is 0 Å². The summed E-state index contributed by atoms with van der Waals surface area (Å²) in [6, 6.07) is 0. The molecule has 0 radical (unpaired) electrons. The van der Waals surface area contributed by atoms with Gasteiger partial charge in [-0.25, -0.2) is 0 Å². The van der Waals surface area contributed by atoms with Crippen LogP contribution >= 0.6 is 0 Å². The summed E-state index contributed by atoms with van der Waals surface area (Å²) in [6.07, 6.45) is 6.85. The van der Waals surface area contributed by atoms with Crippen molar-refractivity contribution in [2.45, 2.75) is 101 Å². The minimum Gasteiger partial charge on any atom is -0.0683 e. The monoisotopic (exact) mass is 246 g/mol. The largest absolute Gasteiger partial charge is 0.0683 e. The Morgan fingerprint density at radius 3 is 0.941 bits per heavy atom. The molecule has 0 N–H and O–H groups in total. The second kappa shape index (κ2) is 29.8. The van der Waals surface area contributed by atoms with Crippen LogP contribution in [0.3, 0.4) is 0 Å². The van der Waals surface area contributed by atoms with Gasteiger partial charge in [-0.3, -0.25) is 0 Å². The predicted octanol–water partition coefficient (Wildman–Crippen LogP) is 7.33. The summed E-state index contributed by atoms with van der Waals surface area (Å²) in [5.74, 6) is 1.78. The van der Waals surface area contributed by atoms with E-state index in [-0.39, 0.29) is 0 Å². The molecule has 0 nitrogen and oxygen atoms in total. The van der Waals surface area contributed by atoms with E-state index in [0.717, 1.165) is 11.8 Å². The molecule has 0 aromatic rings. The maximum Gasteiger partial charge on any atom is -0.0471 e. The first kappa shape index (κ1) is 25.8. The van der Waals surface area contributed by atoms with E-state index in [0.29, 0.717) is 0 Å². The van der Waals surface area contributed by atoms with Crippen molar-refractivity contribution >= 4 is 0 Å². The van der Waals surface area contributed by atoms with E-state index in [1.165, 1.54) is 32.1 Å². The third-order valence-corrected chi connectivity index (χ3v) is 2.06. The maximum atomic E-state index is 2.29. The first-order valence-electron chi connectivity index (χ1n) is 8.04. The molecule has 0 bridgehead atoms. The van der Waals surface area contributed by atoms with Crippen molar-refractivity contribution in [3.63, 3.8) is 0 Å². The summed E-state index contributed by atoms with van der Waals surface area (Å²) < 4.78 is 0. The van der Waals surface area contributed by atoms with E-state index in [9.17, 15) is 0 Å². The molecule has 17 heavy (non-hydrogen) atoms. The standard InChI is InChI=1S/C9H20.C4H10.2C2H6/c1-8(2)6-5-7-9(3)4;1-3-4-2;2*1-2/h8-9H,5-7H2,1-4H3;3-4H2,1-2H3;2*1-2H3. The van der Waals surface area contributed by atoms with Crippen molar-refractivity contribution in [2.75, 3.05) is 0 Å². The fourth-order valence-electron chi connectivity index (χ4n) is 0.934. The van der Waals surface area contributed by atoms with Crippen LogP contribution in [-0.2, 0) is 0 Å². The van der Waals surface area contributed by atoms with Crippen LogP contribution in [0.15, 0.2) is 0 Å². The smallest absolute Gasteiger partial charge is 0.0471 e. The number of rotatable bonds is 5. The summed E-state index contributed by atoms with van der Waals surface area (Å²) in [6.45, 7) is 21.5. The Bertz CT molecular complexity index is 62.1. The first-order valence-corrected chi connectivity index (χ1v) is 8.04. The highest BCUT2D eigenvalue weighted by Gasteiger charge is 1.95. The van der Waals surface area contributed by atoms with Crippen LogP contribution in [0.2, 0.25) is 0 Å². The van der Waals surface area contributed by atoms with Gasteiger partial charge >= 0.3 is 0 Å². The minimum atomic E-state index is 0.892. The molecule has 0 atom stereocenters. The fraction of sp³-hybridized carbons (Fsp3) is 1.00. The van der Waals surface area contributed by atoms with Gasteiger partial charge in [0.15, 0.2) is 0 Å². The Labute approximate surface area is 114 Å². The lowest BCUT2D eigenvalue weighted by molar-refractivity contribution is 0.480. The molecular formula is C17H42. The Hall–Kier alpha value is 0. The van der Waals surface area contributed by atoms with Crippen molar-refractivity contribution in [1.29, 1.82) is 0 Å². The number of hydrogen-bond acceptors (Lipinski definition) is 0. The first-order chi connectivity index (χ1) is 8.04. The van der Waals surface area contributed by atoms with Gasteiger partial charge in [0.05, 0.1) is 0 Å². The van der Waals surface area contributed by atoms with Crippen LogP contribution in [-0.4, -0.2) is 0 Å². The summed E-state index contributed by atoms with van der Waals surface area (Å²) in [5, 5.41) is 0. The van der Waals surface area contributed by atoms with Crippen molar-refractivity contribution < 1.29 is 0 Å². The van der Waals surface area contributed by atoms with Gasteiger partial charge in [-0.1, -0.05) is 101 Å². The SMILES string of the molecule is CC.CC.CC(C)CCCC(C)C.CCCC. The van der Waals surface area contributed by atoms with Crippen LogP contribution in [0.1, 0.15) is 101 Å². The van der Waals surface area contributed by atoms with E-state index in [2.05, 4.69) is 41.5 Å². The van der Waals surface area contributed by atoms with Gasteiger partial charge in [0.1, 0.15) is 0 Å². The molecule has 0 saturated carbocycles. The Balaban J connectivity index is -0.0000000887. The second-order valence-corrected chi connectivity index (χ2v) is 4.72. The highest BCUT2D eigenvalue weighted by molar-refractivity contribution is 4.49. The number of unbranched alkanes of at least 4 members (excludes halogenated alkanes) is 1. The van der Waals surface area contributed by atoms with Crippen LogP contribution < -0.4 is 0 Å². The molecule has 0 aliphatic carbocycles. The minimum absolute atomic E-state index is 0.892. The lowest BCUT2D eigenvalue weighted by atomic mass is 10.0. The van der Waals surface area contributed by atoms with Gasteiger partial charge < -0.3 is 0 Å². The average Bonchev–Trinajstić information content (AvgIpc) is 2.33. The molecule has 0 heteroatoms. The summed E-state index contributed by atoms with van der Waals surface area (Å²) in [7, 11) is 0.